The SMILES string of the molecule is COc1ccc(C(=O)N2CCC3(CC2)CN(c2ncccn2)C[C@]32CCN(C)C2=O)cc1. The Labute approximate surface area is 188 Å². The number of anilines is 1. The van der Waals surface area contributed by atoms with Crippen molar-refractivity contribution in [1.29, 1.82) is 0 Å². The van der Waals surface area contributed by atoms with Gasteiger partial charge in [-0.25, -0.2) is 9.97 Å². The van der Waals surface area contributed by atoms with E-state index in [1.807, 2.05) is 47.2 Å². The van der Waals surface area contributed by atoms with Crippen LogP contribution in [0.3, 0.4) is 0 Å². The molecule has 0 saturated carbocycles. The molecule has 168 valence electrons. The summed E-state index contributed by atoms with van der Waals surface area (Å²) in [7, 11) is 3.51. The van der Waals surface area contributed by atoms with E-state index in [9.17, 15) is 9.59 Å². The first-order valence-corrected chi connectivity index (χ1v) is 11.2. The van der Waals surface area contributed by atoms with E-state index in [0.29, 0.717) is 31.1 Å². The summed E-state index contributed by atoms with van der Waals surface area (Å²) in [5, 5.41) is 0. The van der Waals surface area contributed by atoms with Crippen molar-refractivity contribution in [2.45, 2.75) is 19.3 Å². The minimum Gasteiger partial charge on any atom is -0.497 e. The Morgan fingerprint density at radius 1 is 1.00 bits per heavy atom. The van der Waals surface area contributed by atoms with Crippen LogP contribution in [-0.4, -0.2) is 78.5 Å². The molecule has 0 N–H and O–H groups in total. The third-order valence-corrected chi connectivity index (χ3v) is 7.78. The molecule has 0 radical (unpaired) electrons. The molecule has 8 nitrogen and oxygen atoms in total. The Balaban J connectivity index is 1.38. The lowest BCUT2D eigenvalue weighted by Crippen LogP contribution is -2.53. The molecule has 3 fully saturated rings. The van der Waals surface area contributed by atoms with Gasteiger partial charge in [0.1, 0.15) is 5.75 Å². The Morgan fingerprint density at radius 3 is 2.28 bits per heavy atom. The summed E-state index contributed by atoms with van der Waals surface area (Å²) in [5.74, 6) is 1.68. The Hall–Kier alpha value is -3.16. The zero-order valence-corrected chi connectivity index (χ0v) is 18.7. The van der Waals surface area contributed by atoms with E-state index in [1.54, 1.807) is 19.5 Å². The maximum absolute atomic E-state index is 13.4. The van der Waals surface area contributed by atoms with Gasteiger partial charge in [-0.15, -0.1) is 0 Å². The smallest absolute Gasteiger partial charge is 0.253 e. The van der Waals surface area contributed by atoms with Crippen LogP contribution in [0.25, 0.3) is 0 Å². The summed E-state index contributed by atoms with van der Waals surface area (Å²) in [6.07, 6.45) is 5.95. The van der Waals surface area contributed by atoms with Crippen molar-refractivity contribution in [2.75, 3.05) is 51.8 Å². The molecule has 3 aliphatic heterocycles. The predicted molar refractivity (Wildman–Crippen MR) is 119 cm³/mol. The van der Waals surface area contributed by atoms with Gasteiger partial charge in [-0.05, 0) is 49.6 Å². The molecule has 4 heterocycles. The lowest BCUT2D eigenvalue weighted by atomic mass is 9.60. The third kappa shape index (κ3) is 3.12. The molecule has 1 aromatic heterocycles. The van der Waals surface area contributed by atoms with Crippen LogP contribution in [-0.2, 0) is 4.79 Å². The number of rotatable bonds is 3. The molecule has 3 saturated heterocycles. The molecule has 8 heteroatoms. The van der Waals surface area contributed by atoms with Crippen molar-refractivity contribution in [2.24, 2.45) is 10.8 Å². The van der Waals surface area contributed by atoms with Crippen LogP contribution in [0.1, 0.15) is 29.6 Å². The second-order valence-electron chi connectivity index (χ2n) is 9.26. The van der Waals surface area contributed by atoms with E-state index in [-0.39, 0.29) is 17.2 Å². The summed E-state index contributed by atoms with van der Waals surface area (Å²) in [4.78, 5) is 41.4. The van der Waals surface area contributed by atoms with Gasteiger partial charge in [0.05, 0.1) is 12.5 Å². The average molecular weight is 436 g/mol. The van der Waals surface area contributed by atoms with Crippen LogP contribution in [0, 0.1) is 10.8 Å². The quantitative estimate of drug-likeness (QED) is 0.735. The van der Waals surface area contributed by atoms with Gasteiger partial charge in [-0.1, -0.05) is 0 Å². The van der Waals surface area contributed by atoms with E-state index < -0.39 is 5.41 Å². The van der Waals surface area contributed by atoms with Gasteiger partial charge in [0, 0.05) is 63.1 Å². The van der Waals surface area contributed by atoms with E-state index in [4.69, 9.17) is 4.74 Å². The predicted octanol–water partition coefficient (Wildman–Crippen LogP) is 2.08. The average Bonchev–Trinajstić information content (AvgIpc) is 3.32. The number of amides is 2. The number of piperidine rings is 1. The van der Waals surface area contributed by atoms with Crippen molar-refractivity contribution < 1.29 is 14.3 Å². The van der Waals surface area contributed by atoms with Gasteiger partial charge in [0.25, 0.3) is 5.91 Å². The number of likely N-dealkylation sites (tertiary alicyclic amines) is 2. The zero-order chi connectivity index (χ0) is 22.3. The van der Waals surface area contributed by atoms with Crippen molar-refractivity contribution in [1.82, 2.24) is 19.8 Å². The van der Waals surface area contributed by atoms with Gasteiger partial charge in [0.2, 0.25) is 11.9 Å². The van der Waals surface area contributed by atoms with Crippen molar-refractivity contribution in [3.8, 4) is 5.75 Å². The highest BCUT2D eigenvalue weighted by Gasteiger charge is 2.65. The molecular formula is C24H29N5O3. The molecule has 2 spiro atoms. The fourth-order valence-electron chi connectivity index (χ4n) is 5.92. The number of hydrogen-bond donors (Lipinski definition) is 0. The monoisotopic (exact) mass is 435 g/mol. The lowest BCUT2D eigenvalue weighted by molar-refractivity contribution is -0.140. The Morgan fingerprint density at radius 2 is 1.69 bits per heavy atom. The second kappa shape index (κ2) is 7.76. The first-order chi connectivity index (χ1) is 15.5. The molecule has 2 amide bonds. The number of hydrogen-bond acceptors (Lipinski definition) is 6. The van der Waals surface area contributed by atoms with E-state index in [0.717, 1.165) is 38.1 Å². The van der Waals surface area contributed by atoms with Crippen LogP contribution < -0.4 is 9.64 Å². The minimum atomic E-state index is -0.434. The number of benzene rings is 1. The fourth-order valence-corrected chi connectivity index (χ4v) is 5.92. The fraction of sp³-hybridized carbons (Fsp3) is 0.500. The molecule has 5 rings (SSSR count). The molecular weight excluding hydrogens is 406 g/mol. The molecule has 1 aromatic carbocycles. The maximum atomic E-state index is 13.4. The summed E-state index contributed by atoms with van der Waals surface area (Å²) in [6, 6.07) is 9.06. The molecule has 0 unspecified atom stereocenters. The Bertz CT molecular complexity index is 1000. The van der Waals surface area contributed by atoms with Gasteiger partial charge in [-0.3, -0.25) is 9.59 Å². The molecule has 2 aromatic rings. The molecule has 3 aliphatic rings. The van der Waals surface area contributed by atoms with Crippen molar-refractivity contribution in [3.63, 3.8) is 0 Å². The number of carbonyl (C=O) groups excluding carboxylic acids is 2. The van der Waals surface area contributed by atoms with Crippen molar-refractivity contribution in [3.05, 3.63) is 48.3 Å². The lowest BCUT2D eigenvalue weighted by Gasteiger charge is -2.46. The zero-order valence-electron chi connectivity index (χ0n) is 18.7. The first-order valence-electron chi connectivity index (χ1n) is 11.2. The number of fused-ring (bicyclic) bond motifs is 1. The summed E-state index contributed by atoms with van der Waals surface area (Å²) in [6.45, 7) is 3.46. The third-order valence-electron chi connectivity index (χ3n) is 7.78. The van der Waals surface area contributed by atoms with Crippen LogP contribution >= 0.6 is 0 Å². The van der Waals surface area contributed by atoms with Crippen LogP contribution in [0.15, 0.2) is 42.7 Å². The highest BCUT2D eigenvalue weighted by atomic mass is 16.5. The van der Waals surface area contributed by atoms with Gasteiger partial charge in [0.15, 0.2) is 0 Å². The van der Waals surface area contributed by atoms with Crippen LogP contribution in [0.5, 0.6) is 5.75 Å². The molecule has 1 atom stereocenters. The minimum absolute atomic E-state index is 0.0349. The van der Waals surface area contributed by atoms with Gasteiger partial charge < -0.3 is 19.4 Å². The first kappa shape index (κ1) is 20.7. The molecule has 0 aliphatic carbocycles. The van der Waals surface area contributed by atoms with Gasteiger partial charge >= 0.3 is 0 Å². The van der Waals surface area contributed by atoms with Crippen LogP contribution in [0.4, 0.5) is 5.95 Å². The highest BCUT2D eigenvalue weighted by Crippen LogP contribution is 2.58. The van der Waals surface area contributed by atoms with Gasteiger partial charge in [-0.2, -0.15) is 0 Å². The van der Waals surface area contributed by atoms with Crippen LogP contribution in [0.2, 0.25) is 0 Å². The highest BCUT2D eigenvalue weighted by molar-refractivity contribution is 5.94. The summed E-state index contributed by atoms with van der Waals surface area (Å²) >= 11 is 0. The Kier molecular flexibility index (Phi) is 5.03. The summed E-state index contributed by atoms with van der Waals surface area (Å²) < 4.78 is 5.20. The number of ether oxygens (including phenoxy) is 1. The molecule has 0 bridgehead atoms. The number of aromatic nitrogens is 2. The normalized spacial score (nSPS) is 24.6. The largest absolute Gasteiger partial charge is 0.497 e. The number of carbonyl (C=O) groups is 2. The molecule has 32 heavy (non-hydrogen) atoms. The summed E-state index contributed by atoms with van der Waals surface area (Å²) in [5.41, 5.74) is 0.0554. The topological polar surface area (TPSA) is 78.9 Å². The standard InChI is InChI=1S/C24H29N5O3/c1-27-13-10-24(21(27)31)17-29(22-25-11-3-12-26-22)16-23(24)8-14-28(15-9-23)20(30)18-4-6-19(32-2)7-5-18/h3-7,11-12H,8-10,13-17H2,1-2H3/t24-/m0/s1. The van der Waals surface area contributed by atoms with Crippen molar-refractivity contribution >= 4 is 17.8 Å². The van der Waals surface area contributed by atoms with E-state index in [2.05, 4.69) is 14.9 Å². The second-order valence-corrected chi connectivity index (χ2v) is 9.26. The van der Waals surface area contributed by atoms with E-state index >= 15 is 0 Å². The van der Waals surface area contributed by atoms with E-state index in [1.165, 1.54) is 0 Å². The number of nitrogens with zero attached hydrogens (tertiary/aromatic N) is 5. The maximum Gasteiger partial charge on any atom is 0.253 e. The number of methoxy groups -OCH3 is 1.